The highest BCUT2D eigenvalue weighted by atomic mass is 32.2. The van der Waals surface area contributed by atoms with Gasteiger partial charge in [0, 0.05) is 25.8 Å². The molecule has 1 amide bonds. The quantitative estimate of drug-likeness (QED) is 0.683. The maximum Gasteiger partial charge on any atom is 0.285 e. The third-order valence-electron chi connectivity index (χ3n) is 3.97. The highest BCUT2D eigenvalue weighted by Crippen LogP contribution is 2.26. The number of carbonyl (C=O) groups excluding carboxylic acids is 1. The fourth-order valence-electron chi connectivity index (χ4n) is 2.68. The molecular weight excluding hydrogens is 370 g/mol. The van der Waals surface area contributed by atoms with Crippen LogP contribution >= 0.6 is 0 Å². The van der Waals surface area contributed by atoms with E-state index in [9.17, 15) is 13.2 Å². The molecule has 9 heteroatoms. The molecule has 144 valence electrons. The molecule has 0 spiro atoms. The van der Waals surface area contributed by atoms with Gasteiger partial charge in [0.05, 0.1) is 12.8 Å². The van der Waals surface area contributed by atoms with E-state index in [1.807, 2.05) is 6.07 Å². The van der Waals surface area contributed by atoms with Gasteiger partial charge in [-0.25, -0.2) is 0 Å². The minimum atomic E-state index is -3.69. The monoisotopic (exact) mass is 391 g/mol. The average molecular weight is 391 g/mol. The summed E-state index contributed by atoms with van der Waals surface area (Å²) in [6.07, 6.45) is 2.25. The van der Waals surface area contributed by atoms with Crippen LogP contribution in [0.3, 0.4) is 0 Å². The summed E-state index contributed by atoms with van der Waals surface area (Å²) in [5.41, 5.74) is 0.513. The first kappa shape index (κ1) is 19.1. The Morgan fingerprint density at radius 3 is 2.85 bits per heavy atom. The van der Waals surface area contributed by atoms with Gasteiger partial charge < -0.3 is 19.4 Å². The molecule has 0 aliphatic carbocycles. The van der Waals surface area contributed by atoms with E-state index in [1.54, 1.807) is 37.6 Å². The van der Waals surface area contributed by atoms with Crippen LogP contribution in [0, 0.1) is 0 Å². The van der Waals surface area contributed by atoms with Crippen LogP contribution in [0.2, 0.25) is 0 Å². The van der Waals surface area contributed by atoms with E-state index < -0.39 is 10.0 Å². The van der Waals surface area contributed by atoms with E-state index in [0.29, 0.717) is 31.7 Å². The molecule has 0 atom stereocenters. The number of likely N-dealkylation sites (N-methyl/N-ethyl adjacent to an activating group) is 1. The number of nitrogens with one attached hydrogen (secondary N) is 1. The summed E-state index contributed by atoms with van der Waals surface area (Å²) in [7, 11) is -2.05. The Labute approximate surface area is 157 Å². The van der Waals surface area contributed by atoms with Crippen molar-refractivity contribution in [1.82, 2.24) is 10.2 Å². The van der Waals surface area contributed by atoms with Crippen LogP contribution < -0.4 is 5.32 Å². The van der Waals surface area contributed by atoms with Gasteiger partial charge in [-0.1, -0.05) is 12.1 Å². The molecule has 0 saturated heterocycles. The third-order valence-corrected chi connectivity index (χ3v) is 5.29. The lowest BCUT2D eigenvalue weighted by atomic mass is 10.2. The number of nitrogens with zero attached hydrogens (tertiary/aromatic N) is 2. The van der Waals surface area contributed by atoms with Crippen molar-refractivity contribution in [3.05, 3.63) is 54.0 Å². The summed E-state index contributed by atoms with van der Waals surface area (Å²) in [5.74, 6) is 0.823. The van der Waals surface area contributed by atoms with E-state index in [-0.39, 0.29) is 23.2 Å². The number of furan rings is 1. The van der Waals surface area contributed by atoms with Crippen LogP contribution in [-0.4, -0.2) is 51.8 Å². The first-order valence-electron chi connectivity index (χ1n) is 8.50. The zero-order chi connectivity index (χ0) is 19.3. The van der Waals surface area contributed by atoms with Gasteiger partial charge in [0.15, 0.2) is 5.84 Å². The van der Waals surface area contributed by atoms with Crippen molar-refractivity contribution in [3.8, 4) is 0 Å². The standard InChI is InChI=1S/C18H21N3O5S/c1-21(18-15-7-2-3-8-16(15)27(23,24)20-18)12-17(22)19-9-5-10-25-13-14-6-4-11-26-14/h2-4,6-8,11H,5,9-10,12-13H2,1H3,(H,19,22). The predicted molar refractivity (Wildman–Crippen MR) is 98.8 cm³/mol. The maximum absolute atomic E-state index is 12.1. The highest BCUT2D eigenvalue weighted by Gasteiger charge is 2.30. The largest absolute Gasteiger partial charge is 0.467 e. The lowest BCUT2D eigenvalue weighted by Crippen LogP contribution is -2.38. The van der Waals surface area contributed by atoms with Crippen molar-refractivity contribution in [2.45, 2.75) is 17.9 Å². The SMILES string of the molecule is CN(CC(=O)NCCCOCc1ccco1)C1=NS(=O)(=O)c2ccccc21. The number of benzene rings is 1. The van der Waals surface area contributed by atoms with Gasteiger partial charge in [-0.2, -0.15) is 8.42 Å². The molecule has 0 unspecified atom stereocenters. The van der Waals surface area contributed by atoms with Crippen molar-refractivity contribution in [2.24, 2.45) is 4.40 Å². The molecule has 3 rings (SSSR count). The Bertz CT molecular complexity index is 922. The first-order valence-corrected chi connectivity index (χ1v) is 9.94. The molecule has 1 aromatic heterocycles. The van der Waals surface area contributed by atoms with Crippen molar-refractivity contribution in [3.63, 3.8) is 0 Å². The summed E-state index contributed by atoms with van der Waals surface area (Å²) in [6, 6.07) is 10.2. The zero-order valence-corrected chi connectivity index (χ0v) is 15.7. The lowest BCUT2D eigenvalue weighted by molar-refractivity contribution is -0.121. The number of hydrogen-bond donors (Lipinski definition) is 1. The van der Waals surface area contributed by atoms with E-state index in [0.717, 1.165) is 5.76 Å². The molecule has 0 saturated carbocycles. The highest BCUT2D eigenvalue weighted by molar-refractivity contribution is 7.90. The number of hydrogen-bond acceptors (Lipinski definition) is 6. The Morgan fingerprint density at radius 2 is 2.07 bits per heavy atom. The summed E-state index contributed by atoms with van der Waals surface area (Å²) in [4.78, 5) is 13.8. The molecule has 1 aromatic carbocycles. The molecule has 1 aliphatic rings. The van der Waals surface area contributed by atoms with Crippen molar-refractivity contribution < 1.29 is 22.4 Å². The minimum absolute atomic E-state index is 0.00986. The van der Waals surface area contributed by atoms with E-state index in [4.69, 9.17) is 9.15 Å². The zero-order valence-electron chi connectivity index (χ0n) is 14.9. The number of amides is 1. The Kier molecular flexibility index (Phi) is 5.92. The lowest BCUT2D eigenvalue weighted by Gasteiger charge is -2.18. The van der Waals surface area contributed by atoms with Crippen LogP contribution in [0.1, 0.15) is 17.7 Å². The number of sulfonamides is 1. The summed E-state index contributed by atoms with van der Waals surface area (Å²) in [5, 5.41) is 2.79. The second-order valence-corrected chi connectivity index (χ2v) is 7.65. The number of rotatable bonds is 8. The van der Waals surface area contributed by atoms with Crippen LogP contribution in [0.4, 0.5) is 0 Å². The molecule has 1 N–H and O–H groups in total. The maximum atomic E-state index is 12.1. The van der Waals surface area contributed by atoms with Crippen LogP contribution in [0.25, 0.3) is 0 Å². The first-order chi connectivity index (χ1) is 13.0. The van der Waals surface area contributed by atoms with Gasteiger partial charge in [-0.15, -0.1) is 4.40 Å². The fraction of sp³-hybridized carbons (Fsp3) is 0.333. The van der Waals surface area contributed by atoms with Crippen LogP contribution in [-0.2, 0) is 26.2 Å². The fourth-order valence-corrected chi connectivity index (χ4v) is 3.93. The normalized spacial score (nSPS) is 14.5. The van der Waals surface area contributed by atoms with Crippen LogP contribution in [0.15, 0.2) is 56.4 Å². The number of carbonyl (C=O) groups is 1. The van der Waals surface area contributed by atoms with Gasteiger partial charge in [-0.05, 0) is 30.7 Å². The number of amidine groups is 1. The second kappa shape index (κ2) is 8.36. The number of fused-ring (bicyclic) bond motifs is 1. The van der Waals surface area contributed by atoms with Gasteiger partial charge in [0.2, 0.25) is 5.91 Å². The summed E-state index contributed by atoms with van der Waals surface area (Å²) < 4.78 is 38.5. The molecule has 2 aromatic rings. The Balaban J connectivity index is 1.42. The molecule has 1 aliphatic heterocycles. The molecule has 0 radical (unpaired) electrons. The van der Waals surface area contributed by atoms with Crippen molar-refractivity contribution in [2.75, 3.05) is 26.7 Å². The van der Waals surface area contributed by atoms with Crippen LogP contribution in [0.5, 0.6) is 0 Å². The smallest absolute Gasteiger partial charge is 0.285 e. The van der Waals surface area contributed by atoms with E-state index >= 15 is 0 Å². The topological polar surface area (TPSA) is 101 Å². The Morgan fingerprint density at radius 1 is 1.26 bits per heavy atom. The molecule has 0 bridgehead atoms. The molecular formula is C18H21N3O5S. The van der Waals surface area contributed by atoms with Gasteiger partial charge in [0.1, 0.15) is 17.3 Å². The predicted octanol–water partition coefficient (Wildman–Crippen LogP) is 1.38. The molecule has 8 nitrogen and oxygen atoms in total. The van der Waals surface area contributed by atoms with E-state index in [2.05, 4.69) is 9.71 Å². The van der Waals surface area contributed by atoms with Gasteiger partial charge >= 0.3 is 0 Å². The summed E-state index contributed by atoms with van der Waals surface area (Å²) >= 11 is 0. The van der Waals surface area contributed by atoms with Crippen molar-refractivity contribution in [1.29, 1.82) is 0 Å². The number of ether oxygens (including phenoxy) is 1. The Hall–Kier alpha value is -2.65. The molecule has 0 fully saturated rings. The van der Waals surface area contributed by atoms with Gasteiger partial charge in [-0.3, -0.25) is 4.79 Å². The van der Waals surface area contributed by atoms with Gasteiger partial charge in [0.25, 0.3) is 10.0 Å². The second-order valence-electron chi connectivity index (χ2n) is 6.08. The summed E-state index contributed by atoms with van der Waals surface area (Å²) in [6.45, 7) is 1.37. The van der Waals surface area contributed by atoms with E-state index in [1.165, 1.54) is 11.0 Å². The minimum Gasteiger partial charge on any atom is -0.467 e. The molecule has 2 heterocycles. The third kappa shape index (κ3) is 4.75. The molecule has 27 heavy (non-hydrogen) atoms. The van der Waals surface area contributed by atoms with Crippen molar-refractivity contribution >= 4 is 21.8 Å². The average Bonchev–Trinajstić information content (AvgIpc) is 3.24.